The number of aromatic hydroxyl groups is 1. The number of aliphatic hydroxyl groups is 4. The van der Waals surface area contributed by atoms with E-state index in [0.717, 1.165) is 48.9 Å². The van der Waals surface area contributed by atoms with Crippen LogP contribution in [0, 0.1) is 5.41 Å². The second kappa shape index (κ2) is 9.63. The van der Waals surface area contributed by atoms with Gasteiger partial charge >= 0.3 is 5.97 Å². The molecule has 0 unspecified atom stereocenters. The fraction of sp³-hybridized carbons (Fsp3) is 0.583. The highest BCUT2D eigenvalue weighted by Gasteiger charge is 2.49. The number of carbonyl (C=O) groups is 2. The van der Waals surface area contributed by atoms with E-state index in [0.29, 0.717) is 6.42 Å². The van der Waals surface area contributed by atoms with Gasteiger partial charge in [0.2, 0.25) is 0 Å². The molecule has 2 aliphatic rings. The van der Waals surface area contributed by atoms with Crippen LogP contribution in [-0.4, -0.2) is 91.8 Å². The molecule has 4 rings (SSSR count). The van der Waals surface area contributed by atoms with Gasteiger partial charge in [0.05, 0.1) is 12.6 Å². The molecule has 186 valence electrons. The van der Waals surface area contributed by atoms with E-state index in [-0.39, 0.29) is 24.7 Å². The minimum atomic E-state index is -2.11. The Balaban J connectivity index is 1.58. The predicted molar refractivity (Wildman–Crippen MR) is 121 cm³/mol. The van der Waals surface area contributed by atoms with Gasteiger partial charge in [-0.25, -0.2) is 4.79 Å². The van der Waals surface area contributed by atoms with E-state index in [1.165, 1.54) is 5.56 Å². The van der Waals surface area contributed by atoms with Crippen LogP contribution in [-0.2, 0) is 20.7 Å². The lowest BCUT2D eigenvalue weighted by molar-refractivity contribution is -0.175. The minimum absolute atomic E-state index is 0.00930. The summed E-state index contributed by atoms with van der Waals surface area (Å²) >= 11 is 0. The topological polar surface area (TPSA) is 164 Å². The van der Waals surface area contributed by atoms with Gasteiger partial charge in [0.15, 0.2) is 12.4 Å². The van der Waals surface area contributed by atoms with E-state index in [2.05, 4.69) is 9.88 Å². The van der Waals surface area contributed by atoms with Crippen molar-refractivity contribution < 1.29 is 39.9 Å². The lowest BCUT2D eigenvalue weighted by Crippen LogP contribution is -2.52. The molecule has 0 aliphatic carbocycles. The van der Waals surface area contributed by atoms with E-state index in [4.69, 9.17) is 4.74 Å². The van der Waals surface area contributed by atoms with Gasteiger partial charge in [-0.3, -0.25) is 4.90 Å². The molecule has 0 radical (unpaired) electrons. The van der Waals surface area contributed by atoms with E-state index in [1.54, 1.807) is 12.1 Å². The molecule has 1 aromatic heterocycles. The molecule has 2 aliphatic heterocycles. The van der Waals surface area contributed by atoms with Gasteiger partial charge in [-0.05, 0) is 49.9 Å². The lowest BCUT2D eigenvalue weighted by atomic mass is 9.68. The molecule has 10 nitrogen and oxygen atoms in total. The third-order valence-electron chi connectivity index (χ3n) is 7.52. The van der Waals surface area contributed by atoms with Gasteiger partial charge in [-0.1, -0.05) is 6.92 Å². The van der Waals surface area contributed by atoms with Gasteiger partial charge in [0.25, 0.3) is 0 Å². The lowest BCUT2D eigenvalue weighted by Gasteiger charge is -2.51. The molecule has 0 amide bonds. The zero-order valence-corrected chi connectivity index (χ0v) is 19.1. The number of aromatic amines is 1. The smallest absolute Gasteiger partial charge is 0.337 e. The SMILES string of the molecule is CC[C@]1(COC(=O)[C@@H](O)[C@@H](O)[C@H](O)[C@@H](O)C=O)CCCN2CCc3c([nH]c4cc(O)ccc34)[C@@H]21. The molecule has 2 aromatic rings. The molecule has 6 N–H and O–H groups in total. The first-order chi connectivity index (χ1) is 16.2. The van der Waals surface area contributed by atoms with E-state index < -0.39 is 35.8 Å². The fourth-order valence-electron chi connectivity index (χ4n) is 5.57. The van der Waals surface area contributed by atoms with Crippen LogP contribution >= 0.6 is 0 Å². The number of hydrogen-bond acceptors (Lipinski definition) is 9. The number of aliphatic hydroxyl groups excluding tert-OH is 4. The number of phenolic OH excluding ortho intramolecular Hbond substituents is 1. The summed E-state index contributed by atoms with van der Waals surface area (Å²) in [6, 6.07) is 5.21. The fourth-order valence-corrected chi connectivity index (χ4v) is 5.57. The summed E-state index contributed by atoms with van der Waals surface area (Å²) < 4.78 is 5.47. The molecule has 0 spiro atoms. The van der Waals surface area contributed by atoms with Crippen LogP contribution in [0.25, 0.3) is 10.9 Å². The molecule has 1 fully saturated rings. The number of nitrogens with zero attached hydrogens (tertiary/aromatic N) is 1. The molecule has 3 heterocycles. The van der Waals surface area contributed by atoms with Gasteiger partial charge in [0, 0.05) is 34.6 Å². The van der Waals surface area contributed by atoms with E-state index in [9.17, 15) is 35.1 Å². The maximum atomic E-state index is 12.5. The quantitative estimate of drug-likeness (QED) is 0.230. The number of ether oxygens (including phenoxy) is 1. The molecule has 1 aromatic carbocycles. The van der Waals surface area contributed by atoms with Crippen LogP contribution in [0.5, 0.6) is 5.75 Å². The van der Waals surface area contributed by atoms with Crippen molar-refractivity contribution in [1.82, 2.24) is 9.88 Å². The predicted octanol–water partition coefficient (Wildman–Crippen LogP) is 0.149. The highest BCUT2D eigenvalue weighted by molar-refractivity contribution is 5.86. The normalized spacial score (nSPS) is 26.2. The number of esters is 1. The summed E-state index contributed by atoms with van der Waals surface area (Å²) in [6.07, 6.45) is -4.90. The third-order valence-corrected chi connectivity index (χ3v) is 7.52. The van der Waals surface area contributed by atoms with Crippen molar-refractivity contribution in [3.8, 4) is 5.75 Å². The van der Waals surface area contributed by atoms with Crippen LogP contribution in [0.1, 0.15) is 43.5 Å². The van der Waals surface area contributed by atoms with Crippen molar-refractivity contribution in [2.75, 3.05) is 19.7 Å². The number of H-pyrrole nitrogens is 1. The standard InChI is InChI=1S/C24H32N2O8/c1-2-24(12-34-23(33)21(32)20(31)19(30)17(29)11-27)7-3-8-26-9-6-15-14-5-4-13(28)10-16(14)25-18(15)22(24)26/h4-5,10-11,17,19-22,25,28-32H,2-3,6-9,12H2,1H3/t17-,19+,20-,21-,22+,24+/m0/s1. The zero-order chi connectivity index (χ0) is 24.6. The molecule has 10 heteroatoms. The van der Waals surface area contributed by atoms with Crippen LogP contribution in [0.3, 0.4) is 0 Å². The average molecular weight is 477 g/mol. The zero-order valence-electron chi connectivity index (χ0n) is 19.1. The largest absolute Gasteiger partial charge is 0.508 e. The average Bonchev–Trinajstić information content (AvgIpc) is 3.22. The van der Waals surface area contributed by atoms with Gasteiger partial charge in [-0.15, -0.1) is 0 Å². The first-order valence-electron chi connectivity index (χ1n) is 11.6. The molecule has 0 bridgehead atoms. The summed E-state index contributed by atoms with van der Waals surface area (Å²) in [5.74, 6) is -0.955. The van der Waals surface area contributed by atoms with Crippen LogP contribution in [0.4, 0.5) is 0 Å². The number of benzene rings is 1. The summed E-state index contributed by atoms with van der Waals surface area (Å²) in [5.41, 5.74) is 2.61. The second-order valence-electron chi connectivity index (χ2n) is 9.42. The Morgan fingerprint density at radius 3 is 2.74 bits per heavy atom. The summed E-state index contributed by atoms with van der Waals surface area (Å²) in [5, 5.41) is 50.2. The monoisotopic (exact) mass is 476 g/mol. The summed E-state index contributed by atoms with van der Waals surface area (Å²) in [4.78, 5) is 29.0. The number of aldehydes is 1. The summed E-state index contributed by atoms with van der Waals surface area (Å²) in [7, 11) is 0. The number of piperidine rings is 1. The van der Waals surface area contributed by atoms with Gasteiger partial charge in [-0.2, -0.15) is 0 Å². The van der Waals surface area contributed by atoms with Crippen molar-refractivity contribution in [2.24, 2.45) is 5.41 Å². The highest BCUT2D eigenvalue weighted by Crippen LogP contribution is 2.51. The Morgan fingerprint density at radius 2 is 2.03 bits per heavy atom. The molecular weight excluding hydrogens is 444 g/mol. The van der Waals surface area contributed by atoms with Crippen LogP contribution in [0.2, 0.25) is 0 Å². The number of carbonyl (C=O) groups excluding carboxylic acids is 2. The van der Waals surface area contributed by atoms with Crippen molar-refractivity contribution in [1.29, 1.82) is 0 Å². The van der Waals surface area contributed by atoms with Gasteiger partial charge in [0.1, 0.15) is 24.1 Å². The van der Waals surface area contributed by atoms with Crippen molar-refractivity contribution in [3.63, 3.8) is 0 Å². The van der Waals surface area contributed by atoms with Crippen LogP contribution in [0.15, 0.2) is 18.2 Å². The minimum Gasteiger partial charge on any atom is -0.508 e. The van der Waals surface area contributed by atoms with E-state index >= 15 is 0 Å². The van der Waals surface area contributed by atoms with Crippen molar-refractivity contribution in [2.45, 2.75) is 63.1 Å². The Morgan fingerprint density at radius 1 is 1.26 bits per heavy atom. The maximum Gasteiger partial charge on any atom is 0.337 e. The van der Waals surface area contributed by atoms with Crippen molar-refractivity contribution >= 4 is 23.2 Å². The number of rotatable bonds is 8. The Labute approximate surface area is 196 Å². The first kappa shape index (κ1) is 24.6. The van der Waals surface area contributed by atoms with Crippen LogP contribution < -0.4 is 0 Å². The highest BCUT2D eigenvalue weighted by atomic mass is 16.6. The molecule has 1 saturated heterocycles. The van der Waals surface area contributed by atoms with Gasteiger partial charge < -0.3 is 40.0 Å². The third kappa shape index (κ3) is 4.20. The maximum absolute atomic E-state index is 12.5. The number of fused-ring (bicyclic) bond motifs is 5. The summed E-state index contributed by atoms with van der Waals surface area (Å²) in [6.45, 7) is 3.76. The number of nitrogens with one attached hydrogen (secondary N) is 1. The Bertz CT molecular complexity index is 1060. The Hall–Kier alpha value is -2.50. The van der Waals surface area contributed by atoms with E-state index in [1.807, 2.05) is 13.0 Å². The number of phenols is 1. The molecular formula is C24H32N2O8. The molecule has 34 heavy (non-hydrogen) atoms. The first-order valence-corrected chi connectivity index (χ1v) is 11.6. The number of aromatic nitrogens is 1. The molecule has 6 atom stereocenters. The second-order valence-corrected chi connectivity index (χ2v) is 9.42. The molecule has 0 saturated carbocycles. The van der Waals surface area contributed by atoms with Crippen molar-refractivity contribution in [3.05, 3.63) is 29.5 Å². The Kier molecular flexibility index (Phi) is 6.97. The number of hydrogen-bond donors (Lipinski definition) is 6.